The van der Waals surface area contributed by atoms with Crippen molar-refractivity contribution >= 4 is 0 Å². The van der Waals surface area contributed by atoms with Crippen LogP contribution >= 0.6 is 0 Å². The zero-order valence-corrected chi connectivity index (χ0v) is 8.01. The van der Waals surface area contributed by atoms with Gasteiger partial charge in [0.05, 0.1) is 0 Å². The highest BCUT2D eigenvalue weighted by molar-refractivity contribution is 5.38. The minimum absolute atomic E-state index is 0.535. The van der Waals surface area contributed by atoms with E-state index in [1.165, 1.54) is 25.1 Å². The van der Waals surface area contributed by atoms with E-state index in [9.17, 15) is 0 Å². The Balaban J connectivity index is 1.97. The van der Waals surface area contributed by atoms with Crippen molar-refractivity contribution in [3.8, 4) is 0 Å². The first-order valence-electron chi connectivity index (χ1n) is 5.09. The van der Waals surface area contributed by atoms with Crippen LogP contribution < -0.4 is 5.32 Å². The molecular weight excluding hydrogens is 158 g/mol. The summed E-state index contributed by atoms with van der Waals surface area (Å²) in [5.41, 5.74) is 3.45. The van der Waals surface area contributed by atoms with Crippen molar-refractivity contribution in [3.05, 3.63) is 35.4 Å². The van der Waals surface area contributed by atoms with Crippen molar-refractivity contribution in [2.24, 2.45) is 5.92 Å². The summed E-state index contributed by atoms with van der Waals surface area (Å²) in [6, 6.07) is 9.08. The maximum atomic E-state index is 3.48. The van der Waals surface area contributed by atoms with E-state index < -0.39 is 0 Å². The predicted octanol–water partition coefficient (Wildman–Crippen LogP) is 1.86. The minimum Gasteiger partial charge on any atom is -0.316 e. The van der Waals surface area contributed by atoms with Gasteiger partial charge in [-0.15, -0.1) is 0 Å². The molecule has 2 fully saturated rings. The second-order valence-corrected chi connectivity index (χ2v) is 4.55. The molecule has 0 amide bonds. The molecular formula is C12H15N. The molecule has 0 spiro atoms. The Kier molecular flexibility index (Phi) is 1.37. The van der Waals surface area contributed by atoms with Gasteiger partial charge < -0.3 is 5.32 Å². The van der Waals surface area contributed by atoms with Gasteiger partial charge in [0.25, 0.3) is 0 Å². The highest BCUT2D eigenvalue weighted by atomic mass is 15.0. The van der Waals surface area contributed by atoms with E-state index >= 15 is 0 Å². The highest BCUT2D eigenvalue weighted by Crippen LogP contribution is 2.56. The summed E-state index contributed by atoms with van der Waals surface area (Å²) in [6.07, 6.45) is 1.41. The predicted molar refractivity (Wildman–Crippen MR) is 53.8 cm³/mol. The molecule has 2 aliphatic rings. The van der Waals surface area contributed by atoms with Gasteiger partial charge in [-0.25, -0.2) is 0 Å². The van der Waals surface area contributed by atoms with E-state index in [0.29, 0.717) is 5.41 Å². The molecule has 68 valence electrons. The Morgan fingerprint density at radius 3 is 2.62 bits per heavy atom. The van der Waals surface area contributed by atoms with E-state index in [2.05, 4.69) is 36.5 Å². The maximum Gasteiger partial charge on any atom is 0.0122 e. The molecule has 0 aromatic heterocycles. The van der Waals surface area contributed by atoms with Crippen LogP contribution in [0.15, 0.2) is 24.3 Å². The van der Waals surface area contributed by atoms with E-state index in [1.807, 2.05) is 0 Å². The summed E-state index contributed by atoms with van der Waals surface area (Å²) in [7, 11) is 0. The summed E-state index contributed by atoms with van der Waals surface area (Å²) in [4.78, 5) is 0. The van der Waals surface area contributed by atoms with Crippen molar-refractivity contribution < 1.29 is 0 Å². The number of hydrogen-bond acceptors (Lipinski definition) is 1. The number of nitrogens with one attached hydrogen (secondary N) is 1. The molecule has 1 aliphatic heterocycles. The Bertz CT molecular complexity index is 327. The Hall–Kier alpha value is -0.820. The van der Waals surface area contributed by atoms with Gasteiger partial charge in [0.1, 0.15) is 0 Å². The highest BCUT2D eigenvalue weighted by Gasteiger charge is 2.57. The van der Waals surface area contributed by atoms with Crippen LogP contribution in [0.5, 0.6) is 0 Å². The number of hydrogen-bond donors (Lipinski definition) is 1. The molecule has 1 saturated carbocycles. The van der Waals surface area contributed by atoms with Gasteiger partial charge in [0, 0.05) is 12.0 Å². The molecule has 1 saturated heterocycles. The van der Waals surface area contributed by atoms with Gasteiger partial charge in [-0.2, -0.15) is 0 Å². The van der Waals surface area contributed by atoms with E-state index in [0.717, 1.165) is 5.92 Å². The second-order valence-electron chi connectivity index (χ2n) is 4.55. The van der Waals surface area contributed by atoms with Crippen molar-refractivity contribution in [1.82, 2.24) is 5.32 Å². The molecule has 0 bridgehead atoms. The Labute approximate surface area is 79.2 Å². The van der Waals surface area contributed by atoms with Crippen molar-refractivity contribution in [2.45, 2.75) is 18.8 Å². The van der Waals surface area contributed by atoms with Gasteiger partial charge in [-0.05, 0) is 31.4 Å². The lowest BCUT2D eigenvalue weighted by molar-refractivity contribution is 0.675. The first-order chi connectivity index (χ1) is 6.31. The lowest BCUT2D eigenvalue weighted by atomic mass is 9.94. The van der Waals surface area contributed by atoms with E-state index in [-0.39, 0.29) is 0 Å². The summed E-state index contributed by atoms with van der Waals surface area (Å²) in [5, 5.41) is 3.48. The molecule has 0 radical (unpaired) electrons. The standard InChI is InChI=1S/C12H15N/c1-9-2-4-10(5-3-9)12-6-11(12)7-13-8-12/h2-5,11,13H,6-8H2,1H3/t11-,12?/m1/s1. The van der Waals surface area contributed by atoms with Gasteiger partial charge in [-0.3, -0.25) is 0 Å². The first-order valence-corrected chi connectivity index (χ1v) is 5.09. The first kappa shape index (κ1) is 7.57. The zero-order chi connectivity index (χ0) is 8.89. The molecule has 1 unspecified atom stereocenters. The SMILES string of the molecule is Cc1ccc(C23CNC[C@H]2C3)cc1. The fourth-order valence-electron chi connectivity index (χ4n) is 2.68. The molecule has 2 atom stereocenters. The zero-order valence-electron chi connectivity index (χ0n) is 8.01. The van der Waals surface area contributed by atoms with Crippen LogP contribution in [0.2, 0.25) is 0 Å². The van der Waals surface area contributed by atoms with Crippen LogP contribution in [0, 0.1) is 12.8 Å². The molecule has 1 nitrogen and oxygen atoms in total. The van der Waals surface area contributed by atoms with E-state index in [1.54, 1.807) is 5.56 Å². The molecule has 1 heterocycles. The summed E-state index contributed by atoms with van der Waals surface area (Å²) >= 11 is 0. The molecule has 1 aromatic carbocycles. The largest absolute Gasteiger partial charge is 0.316 e. The lowest BCUT2D eigenvalue weighted by Gasteiger charge is -2.11. The van der Waals surface area contributed by atoms with Gasteiger partial charge in [0.15, 0.2) is 0 Å². The third-order valence-electron chi connectivity index (χ3n) is 3.69. The molecule has 1 N–H and O–H groups in total. The van der Waals surface area contributed by atoms with Crippen LogP contribution in [-0.2, 0) is 5.41 Å². The number of piperidine rings is 1. The van der Waals surface area contributed by atoms with Crippen LogP contribution in [0.1, 0.15) is 17.5 Å². The Morgan fingerprint density at radius 1 is 1.31 bits per heavy atom. The van der Waals surface area contributed by atoms with Crippen LogP contribution in [0.4, 0.5) is 0 Å². The van der Waals surface area contributed by atoms with Gasteiger partial charge in [-0.1, -0.05) is 29.8 Å². The van der Waals surface area contributed by atoms with Gasteiger partial charge in [0.2, 0.25) is 0 Å². The number of aryl methyl sites for hydroxylation is 1. The van der Waals surface area contributed by atoms with Crippen molar-refractivity contribution in [2.75, 3.05) is 13.1 Å². The van der Waals surface area contributed by atoms with E-state index in [4.69, 9.17) is 0 Å². The number of rotatable bonds is 1. The number of benzene rings is 1. The smallest absolute Gasteiger partial charge is 0.0122 e. The van der Waals surface area contributed by atoms with Crippen LogP contribution in [-0.4, -0.2) is 13.1 Å². The molecule has 1 aliphatic carbocycles. The minimum atomic E-state index is 0.535. The lowest BCUT2D eigenvalue weighted by Crippen LogP contribution is -2.19. The maximum absolute atomic E-state index is 3.48. The number of fused-ring (bicyclic) bond motifs is 1. The molecule has 13 heavy (non-hydrogen) atoms. The summed E-state index contributed by atoms with van der Waals surface area (Å²) in [5.74, 6) is 0.926. The quantitative estimate of drug-likeness (QED) is 0.683. The third kappa shape index (κ3) is 0.969. The normalized spacial score (nSPS) is 35.9. The van der Waals surface area contributed by atoms with Crippen molar-refractivity contribution in [3.63, 3.8) is 0 Å². The molecule has 3 rings (SSSR count). The summed E-state index contributed by atoms with van der Waals surface area (Å²) in [6.45, 7) is 4.58. The fourth-order valence-corrected chi connectivity index (χ4v) is 2.68. The van der Waals surface area contributed by atoms with Crippen molar-refractivity contribution in [1.29, 1.82) is 0 Å². The Morgan fingerprint density at radius 2 is 2.08 bits per heavy atom. The van der Waals surface area contributed by atoms with Gasteiger partial charge >= 0.3 is 0 Å². The average molecular weight is 173 g/mol. The topological polar surface area (TPSA) is 12.0 Å². The second kappa shape index (κ2) is 2.36. The molecule has 1 heteroatoms. The van der Waals surface area contributed by atoms with Crippen LogP contribution in [0.3, 0.4) is 0 Å². The monoisotopic (exact) mass is 173 g/mol. The summed E-state index contributed by atoms with van der Waals surface area (Å²) < 4.78 is 0. The third-order valence-corrected chi connectivity index (χ3v) is 3.69. The molecule has 1 aromatic rings. The fraction of sp³-hybridized carbons (Fsp3) is 0.500. The average Bonchev–Trinajstić information content (AvgIpc) is 2.71. The van der Waals surface area contributed by atoms with Crippen LogP contribution in [0.25, 0.3) is 0 Å².